The summed E-state index contributed by atoms with van der Waals surface area (Å²) in [5, 5.41) is 0. The van der Waals surface area contributed by atoms with Gasteiger partial charge in [-0.25, -0.2) is 0 Å². The number of rotatable bonds is 12. The van der Waals surface area contributed by atoms with E-state index in [9.17, 15) is 0 Å². The third-order valence-electron chi connectivity index (χ3n) is 5.98. The van der Waals surface area contributed by atoms with Crippen molar-refractivity contribution in [2.45, 2.75) is 65.2 Å². The molecule has 0 radical (unpaired) electrons. The summed E-state index contributed by atoms with van der Waals surface area (Å²) in [6.07, 6.45) is 16.3. The first-order chi connectivity index (χ1) is 12.5. The molecule has 2 unspecified atom stereocenters. The van der Waals surface area contributed by atoms with Gasteiger partial charge in [-0.2, -0.15) is 0 Å². The quantitative estimate of drug-likeness (QED) is 0.493. The molecule has 26 heavy (non-hydrogen) atoms. The van der Waals surface area contributed by atoms with Crippen molar-refractivity contribution in [1.82, 2.24) is 24.5 Å². The van der Waals surface area contributed by atoms with Crippen molar-refractivity contribution >= 4 is 0 Å². The molecule has 0 aromatic heterocycles. The summed E-state index contributed by atoms with van der Waals surface area (Å²) in [5.74, 6) is 0. The van der Waals surface area contributed by atoms with E-state index in [0.29, 0.717) is 12.3 Å². The first-order valence-corrected chi connectivity index (χ1v) is 10.6. The second kappa shape index (κ2) is 10.7. The molecular weight excluding hydrogens is 322 g/mol. The third kappa shape index (κ3) is 6.11. The van der Waals surface area contributed by atoms with Crippen molar-refractivity contribution in [2.24, 2.45) is 0 Å². The molecule has 0 aliphatic carbocycles. The van der Waals surface area contributed by atoms with Crippen LogP contribution in [0.15, 0.2) is 24.8 Å². The fourth-order valence-electron chi connectivity index (χ4n) is 3.75. The maximum absolute atomic E-state index is 2.69. The van der Waals surface area contributed by atoms with Crippen molar-refractivity contribution in [3.8, 4) is 0 Å². The molecule has 0 saturated heterocycles. The van der Waals surface area contributed by atoms with E-state index < -0.39 is 0 Å². The highest BCUT2D eigenvalue weighted by atomic mass is 15.4. The van der Waals surface area contributed by atoms with Crippen LogP contribution >= 0.6 is 0 Å². The summed E-state index contributed by atoms with van der Waals surface area (Å²) < 4.78 is 0. The predicted octanol–water partition coefficient (Wildman–Crippen LogP) is 3.39. The van der Waals surface area contributed by atoms with Crippen molar-refractivity contribution in [3.05, 3.63) is 24.8 Å². The molecule has 2 aliphatic rings. The number of hydrogen-bond acceptors (Lipinski definition) is 5. The molecule has 0 amide bonds. The molecule has 0 saturated carbocycles. The van der Waals surface area contributed by atoms with E-state index in [1.54, 1.807) is 0 Å². The van der Waals surface area contributed by atoms with Crippen LogP contribution in [0.4, 0.5) is 0 Å². The molecule has 2 aliphatic heterocycles. The second-order valence-corrected chi connectivity index (χ2v) is 7.92. The summed E-state index contributed by atoms with van der Waals surface area (Å²) in [5.41, 5.74) is 0. The number of nitrogens with zero attached hydrogens (tertiary/aromatic N) is 5. The largest absolute Gasteiger partial charge is 0.359 e. The van der Waals surface area contributed by atoms with E-state index in [0.717, 1.165) is 13.1 Å². The standard InChI is InChI=1S/C21H41N5/c1-6-7-8-11-24(12-9-14-25-18-16-22(4)20(25)2)13-10-15-26-19-17-23(5)21(26)3/h16-21H,6-15H2,1-5H3. The Hall–Kier alpha value is -1.36. The third-order valence-corrected chi connectivity index (χ3v) is 5.98. The zero-order valence-electron chi connectivity index (χ0n) is 17.8. The van der Waals surface area contributed by atoms with E-state index in [4.69, 9.17) is 0 Å². The van der Waals surface area contributed by atoms with Gasteiger partial charge in [0.15, 0.2) is 0 Å². The monoisotopic (exact) mass is 363 g/mol. The summed E-state index contributed by atoms with van der Waals surface area (Å²) in [7, 11) is 4.31. The van der Waals surface area contributed by atoms with E-state index in [1.165, 1.54) is 51.7 Å². The fraction of sp³-hybridized carbons (Fsp3) is 0.810. The lowest BCUT2D eigenvalue weighted by Gasteiger charge is -2.30. The highest BCUT2D eigenvalue weighted by Gasteiger charge is 2.19. The van der Waals surface area contributed by atoms with Crippen LogP contribution in [-0.2, 0) is 0 Å². The summed E-state index contributed by atoms with van der Waals surface area (Å²) in [6.45, 7) is 12.9. The normalized spacial score (nSPS) is 22.5. The molecule has 5 heteroatoms. The molecular formula is C21H41N5. The Morgan fingerprint density at radius 3 is 1.54 bits per heavy atom. The molecule has 0 spiro atoms. The van der Waals surface area contributed by atoms with Crippen LogP contribution in [0.2, 0.25) is 0 Å². The number of unbranched alkanes of at least 4 members (excludes halogenated alkanes) is 2. The average molecular weight is 364 g/mol. The van der Waals surface area contributed by atoms with Gasteiger partial charge in [0, 0.05) is 52.0 Å². The van der Waals surface area contributed by atoms with Crippen LogP contribution in [0.1, 0.15) is 52.9 Å². The van der Waals surface area contributed by atoms with Gasteiger partial charge in [0.2, 0.25) is 0 Å². The zero-order chi connectivity index (χ0) is 18.9. The molecule has 2 rings (SSSR count). The first kappa shape index (κ1) is 20.9. The molecule has 0 fully saturated rings. The lowest BCUT2D eigenvalue weighted by molar-refractivity contribution is 0.169. The van der Waals surface area contributed by atoms with Crippen LogP contribution in [0.5, 0.6) is 0 Å². The Kier molecular flexibility index (Phi) is 8.63. The van der Waals surface area contributed by atoms with Crippen molar-refractivity contribution in [3.63, 3.8) is 0 Å². The molecule has 0 bridgehead atoms. The Morgan fingerprint density at radius 2 is 1.15 bits per heavy atom. The van der Waals surface area contributed by atoms with Crippen molar-refractivity contribution in [1.29, 1.82) is 0 Å². The summed E-state index contributed by atoms with van der Waals surface area (Å²) in [4.78, 5) is 12.2. The van der Waals surface area contributed by atoms with E-state index >= 15 is 0 Å². The highest BCUT2D eigenvalue weighted by molar-refractivity contribution is 4.94. The Labute approximate surface area is 161 Å². The maximum Gasteiger partial charge on any atom is 0.0974 e. The molecule has 150 valence electrons. The molecule has 2 heterocycles. The molecule has 2 atom stereocenters. The van der Waals surface area contributed by atoms with E-state index in [2.05, 4.69) is 84.2 Å². The van der Waals surface area contributed by atoms with Crippen LogP contribution in [0.25, 0.3) is 0 Å². The molecule has 5 nitrogen and oxygen atoms in total. The van der Waals surface area contributed by atoms with Crippen molar-refractivity contribution in [2.75, 3.05) is 46.8 Å². The average Bonchev–Trinajstić information content (AvgIpc) is 3.11. The minimum Gasteiger partial charge on any atom is -0.359 e. The van der Waals surface area contributed by atoms with Gasteiger partial charge in [0.25, 0.3) is 0 Å². The topological polar surface area (TPSA) is 16.2 Å². The number of hydrogen-bond donors (Lipinski definition) is 0. The van der Waals surface area contributed by atoms with Gasteiger partial charge in [-0.1, -0.05) is 19.8 Å². The fourth-order valence-corrected chi connectivity index (χ4v) is 3.75. The minimum absolute atomic E-state index is 0.504. The highest BCUT2D eigenvalue weighted by Crippen LogP contribution is 2.15. The van der Waals surface area contributed by atoms with Gasteiger partial charge in [-0.15, -0.1) is 0 Å². The van der Waals surface area contributed by atoms with Gasteiger partial charge in [-0.3, -0.25) is 0 Å². The van der Waals surface area contributed by atoms with Crippen LogP contribution in [0, 0.1) is 0 Å². The first-order valence-electron chi connectivity index (χ1n) is 10.6. The van der Waals surface area contributed by atoms with E-state index in [-0.39, 0.29) is 0 Å². The summed E-state index contributed by atoms with van der Waals surface area (Å²) in [6, 6.07) is 0. The predicted molar refractivity (Wildman–Crippen MR) is 111 cm³/mol. The maximum atomic E-state index is 2.69. The lowest BCUT2D eigenvalue weighted by atomic mass is 10.2. The second-order valence-electron chi connectivity index (χ2n) is 7.92. The van der Waals surface area contributed by atoms with Gasteiger partial charge >= 0.3 is 0 Å². The molecule has 0 aromatic rings. The van der Waals surface area contributed by atoms with Gasteiger partial charge in [0.05, 0.1) is 12.3 Å². The smallest absolute Gasteiger partial charge is 0.0974 e. The van der Waals surface area contributed by atoms with Crippen molar-refractivity contribution < 1.29 is 0 Å². The Morgan fingerprint density at radius 1 is 0.692 bits per heavy atom. The summed E-state index contributed by atoms with van der Waals surface area (Å²) >= 11 is 0. The molecule has 0 aromatic carbocycles. The Bertz CT molecular complexity index is 414. The lowest BCUT2D eigenvalue weighted by Crippen LogP contribution is -2.37. The minimum atomic E-state index is 0.504. The van der Waals surface area contributed by atoms with E-state index in [1.807, 2.05) is 0 Å². The zero-order valence-corrected chi connectivity index (χ0v) is 17.8. The molecule has 0 N–H and O–H groups in total. The SMILES string of the molecule is CCCCCN(CCCN1C=CN(C)C1C)CCCN1C=CN(C)C1C. The van der Waals surface area contributed by atoms with Crippen LogP contribution in [0.3, 0.4) is 0 Å². The van der Waals surface area contributed by atoms with Crippen LogP contribution in [-0.4, -0.2) is 83.7 Å². The van der Waals surface area contributed by atoms with Gasteiger partial charge in [-0.05, 0) is 52.7 Å². The Balaban J connectivity index is 1.69. The van der Waals surface area contributed by atoms with Crippen LogP contribution < -0.4 is 0 Å². The van der Waals surface area contributed by atoms with Gasteiger partial charge < -0.3 is 24.5 Å². The van der Waals surface area contributed by atoms with Gasteiger partial charge in [0.1, 0.15) is 0 Å².